The first-order valence-electron chi connectivity index (χ1n) is 6.38. The number of rotatable bonds is 3. The van der Waals surface area contributed by atoms with Crippen molar-refractivity contribution in [3.05, 3.63) is 21.3 Å². The maximum absolute atomic E-state index is 12.1. The summed E-state index contributed by atoms with van der Waals surface area (Å²) in [6.45, 7) is 0.149. The van der Waals surface area contributed by atoms with Crippen LogP contribution in [0.1, 0.15) is 41.8 Å². The lowest BCUT2D eigenvalue weighted by atomic mass is 9.95. The molecule has 0 spiro atoms. The Morgan fingerprint density at radius 1 is 1.39 bits per heavy atom. The van der Waals surface area contributed by atoms with Crippen LogP contribution < -0.4 is 5.32 Å². The van der Waals surface area contributed by atoms with Gasteiger partial charge in [0.2, 0.25) is 0 Å². The van der Waals surface area contributed by atoms with Crippen molar-refractivity contribution < 1.29 is 9.90 Å². The molecular formula is C13H18ClNO2S. The zero-order chi connectivity index (χ0) is 13.0. The minimum absolute atomic E-state index is 0.0720. The number of aliphatic hydroxyl groups is 1. The van der Waals surface area contributed by atoms with Crippen molar-refractivity contribution in [2.24, 2.45) is 5.92 Å². The smallest absolute Gasteiger partial charge is 0.261 e. The molecule has 0 radical (unpaired) electrons. The van der Waals surface area contributed by atoms with Gasteiger partial charge in [-0.25, -0.2) is 0 Å². The van der Waals surface area contributed by atoms with Gasteiger partial charge in [-0.1, -0.05) is 30.9 Å². The highest BCUT2D eigenvalue weighted by molar-refractivity contribution is 7.17. The van der Waals surface area contributed by atoms with Crippen molar-refractivity contribution >= 4 is 28.8 Å². The van der Waals surface area contributed by atoms with E-state index < -0.39 is 0 Å². The summed E-state index contributed by atoms with van der Waals surface area (Å²) in [6.07, 6.45) is 5.39. The van der Waals surface area contributed by atoms with Gasteiger partial charge in [-0.2, -0.15) is 0 Å². The van der Waals surface area contributed by atoms with Gasteiger partial charge >= 0.3 is 0 Å². The number of nitrogens with one attached hydrogen (secondary N) is 1. The second-order valence-corrected chi connectivity index (χ2v) is 6.48. The number of hydrogen-bond acceptors (Lipinski definition) is 3. The van der Waals surface area contributed by atoms with Crippen LogP contribution in [0.15, 0.2) is 12.1 Å². The summed E-state index contributed by atoms with van der Waals surface area (Å²) in [6, 6.07) is 3.57. The van der Waals surface area contributed by atoms with Crippen LogP contribution in [0.2, 0.25) is 4.34 Å². The zero-order valence-electron chi connectivity index (χ0n) is 10.2. The Balaban J connectivity index is 1.99. The first-order valence-corrected chi connectivity index (χ1v) is 7.57. The summed E-state index contributed by atoms with van der Waals surface area (Å²) in [4.78, 5) is 12.7. The molecule has 5 heteroatoms. The maximum Gasteiger partial charge on any atom is 0.261 e. The Bertz CT molecular complexity index is 407. The lowest BCUT2D eigenvalue weighted by molar-refractivity contribution is 0.0903. The number of carbonyl (C=O) groups excluding carboxylic acids is 1. The predicted molar refractivity (Wildman–Crippen MR) is 74.2 cm³/mol. The first kappa shape index (κ1) is 13.8. The molecule has 1 aromatic heterocycles. The number of thiophene rings is 1. The Morgan fingerprint density at radius 3 is 2.83 bits per heavy atom. The van der Waals surface area contributed by atoms with E-state index in [1.807, 2.05) is 0 Å². The van der Waals surface area contributed by atoms with E-state index >= 15 is 0 Å². The quantitative estimate of drug-likeness (QED) is 0.840. The fraction of sp³-hybridized carbons (Fsp3) is 0.615. The predicted octanol–water partition coefficient (Wildman–Crippen LogP) is 3.07. The van der Waals surface area contributed by atoms with Gasteiger partial charge in [0, 0.05) is 18.6 Å². The second kappa shape index (κ2) is 6.55. The normalized spacial score (nSPS) is 24.6. The minimum Gasteiger partial charge on any atom is -0.396 e. The van der Waals surface area contributed by atoms with E-state index in [9.17, 15) is 9.90 Å². The standard InChI is InChI=1S/C13H18ClNO2S/c14-12-7-6-11(18-12)13(17)15-10-5-3-1-2-4-9(10)8-16/h6-7,9-10,16H,1-5,8H2,(H,15,17). The molecule has 1 saturated carbocycles. The van der Waals surface area contributed by atoms with Gasteiger partial charge in [0.05, 0.1) is 9.21 Å². The minimum atomic E-state index is -0.0720. The van der Waals surface area contributed by atoms with Crippen molar-refractivity contribution in [2.75, 3.05) is 6.61 Å². The van der Waals surface area contributed by atoms with E-state index in [1.54, 1.807) is 12.1 Å². The first-order chi connectivity index (χ1) is 8.70. The summed E-state index contributed by atoms with van der Waals surface area (Å²) >= 11 is 7.12. The molecule has 0 aromatic carbocycles. The van der Waals surface area contributed by atoms with E-state index in [4.69, 9.17) is 11.6 Å². The third-order valence-electron chi connectivity index (χ3n) is 3.51. The molecule has 1 aromatic rings. The van der Waals surface area contributed by atoms with Gasteiger partial charge in [-0.05, 0) is 25.0 Å². The van der Waals surface area contributed by atoms with Crippen LogP contribution >= 0.6 is 22.9 Å². The highest BCUT2D eigenvalue weighted by Gasteiger charge is 2.25. The highest BCUT2D eigenvalue weighted by Crippen LogP contribution is 2.25. The van der Waals surface area contributed by atoms with Crippen molar-refractivity contribution in [3.63, 3.8) is 0 Å². The molecule has 3 nitrogen and oxygen atoms in total. The monoisotopic (exact) mass is 287 g/mol. The van der Waals surface area contributed by atoms with E-state index in [1.165, 1.54) is 17.8 Å². The summed E-state index contributed by atoms with van der Waals surface area (Å²) in [5, 5.41) is 12.4. The van der Waals surface area contributed by atoms with Gasteiger partial charge in [-0.3, -0.25) is 4.79 Å². The molecule has 0 saturated heterocycles. The van der Waals surface area contributed by atoms with Crippen LogP contribution in [0.3, 0.4) is 0 Å². The molecule has 1 heterocycles. The van der Waals surface area contributed by atoms with Gasteiger partial charge in [0.15, 0.2) is 0 Å². The molecule has 2 N–H and O–H groups in total. The molecule has 18 heavy (non-hydrogen) atoms. The van der Waals surface area contributed by atoms with Crippen LogP contribution in [0.4, 0.5) is 0 Å². The highest BCUT2D eigenvalue weighted by atomic mass is 35.5. The van der Waals surface area contributed by atoms with Crippen molar-refractivity contribution in [3.8, 4) is 0 Å². The average Bonchev–Trinajstić information content (AvgIpc) is 2.67. The largest absolute Gasteiger partial charge is 0.396 e. The van der Waals surface area contributed by atoms with E-state index in [-0.39, 0.29) is 24.5 Å². The van der Waals surface area contributed by atoms with Crippen LogP contribution in [0.5, 0.6) is 0 Å². The van der Waals surface area contributed by atoms with Gasteiger partial charge in [-0.15, -0.1) is 11.3 Å². The number of aliphatic hydroxyl groups excluding tert-OH is 1. The fourth-order valence-corrected chi connectivity index (χ4v) is 3.42. The van der Waals surface area contributed by atoms with Gasteiger partial charge < -0.3 is 10.4 Å². The summed E-state index contributed by atoms with van der Waals surface area (Å²) in [5.74, 6) is 0.115. The number of halogens is 1. The number of amides is 1. The lowest BCUT2D eigenvalue weighted by Crippen LogP contribution is -2.40. The SMILES string of the molecule is O=C(NC1CCCCCC1CO)c1ccc(Cl)s1. The summed E-state index contributed by atoms with van der Waals surface area (Å²) < 4.78 is 0.625. The third-order valence-corrected chi connectivity index (χ3v) is 4.74. The number of hydrogen-bond donors (Lipinski definition) is 2. The summed E-state index contributed by atoms with van der Waals surface area (Å²) in [5.41, 5.74) is 0. The Hall–Kier alpha value is -0.580. The van der Waals surface area contributed by atoms with Gasteiger partial charge in [0.1, 0.15) is 0 Å². The molecule has 1 amide bonds. The Morgan fingerprint density at radius 2 is 2.17 bits per heavy atom. The molecule has 2 unspecified atom stereocenters. The van der Waals surface area contributed by atoms with Gasteiger partial charge in [0.25, 0.3) is 5.91 Å². The second-order valence-electron chi connectivity index (χ2n) is 4.76. The summed E-state index contributed by atoms with van der Waals surface area (Å²) in [7, 11) is 0. The molecule has 1 aliphatic rings. The van der Waals surface area contributed by atoms with Crippen LogP contribution in [-0.4, -0.2) is 23.7 Å². The Labute approximate surface area is 116 Å². The zero-order valence-corrected chi connectivity index (χ0v) is 11.8. The van der Waals surface area contributed by atoms with Crippen LogP contribution in [0, 0.1) is 5.92 Å². The molecule has 0 aliphatic heterocycles. The molecule has 1 aliphatic carbocycles. The molecule has 2 rings (SSSR count). The van der Waals surface area contributed by atoms with Crippen molar-refractivity contribution in [2.45, 2.75) is 38.1 Å². The molecule has 2 atom stereocenters. The van der Waals surface area contributed by atoms with E-state index in [0.29, 0.717) is 9.21 Å². The van der Waals surface area contributed by atoms with Crippen LogP contribution in [-0.2, 0) is 0 Å². The topological polar surface area (TPSA) is 49.3 Å². The maximum atomic E-state index is 12.1. The molecule has 1 fully saturated rings. The molecule has 100 valence electrons. The van der Waals surface area contributed by atoms with Crippen molar-refractivity contribution in [1.82, 2.24) is 5.32 Å². The fourth-order valence-electron chi connectivity index (χ4n) is 2.47. The van der Waals surface area contributed by atoms with Crippen LogP contribution in [0.25, 0.3) is 0 Å². The average molecular weight is 288 g/mol. The third kappa shape index (κ3) is 3.46. The number of carbonyl (C=O) groups is 1. The lowest BCUT2D eigenvalue weighted by Gasteiger charge is -2.24. The van der Waals surface area contributed by atoms with E-state index in [0.717, 1.165) is 25.7 Å². The molecular weight excluding hydrogens is 270 g/mol. The molecule has 0 bridgehead atoms. The van der Waals surface area contributed by atoms with Crippen molar-refractivity contribution in [1.29, 1.82) is 0 Å². The Kier molecular flexibility index (Phi) is 5.03. The van der Waals surface area contributed by atoms with E-state index in [2.05, 4.69) is 5.32 Å².